The Labute approximate surface area is 226 Å². The van der Waals surface area contributed by atoms with Gasteiger partial charge in [0.25, 0.3) is 0 Å². The summed E-state index contributed by atoms with van der Waals surface area (Å²) in [4.78, 5) is 2.65. The predicted octanol–water partition coefficient (Wildman–Crippen LogP) is 9.67. The van der Waals surface area contributed by atoms with Gasteiger partial charge in [-0.1, -0.05) is 81.8 Å². The quantitative estimate of drug-likeness (QED) is 0.282. The molecule has 1 saturated heterocycles. The molecule has 0 saturated carbocycles. The highest BCUT2D eigenvalue weighted by Gasteiger charge is 2.16. The lowest BCUT2D eigenvalue weighted by Crippen LogP contribution is -2.25. The maximum absolute atomic E-state index is 12.6. The molecule has 4 rings (SSSR count). The summed E-state index contributed by atoms with van der Waals surface area (Å²) < 4.78 is 12.6. The third kappa shape index (κ3) is 9.11. The lowest BCUT2D eigenvalue weighted by molar-refractivity contribution is 0.275. The Balaban J connectivity index is 0.000000356. The molecule has 0 spiro atoms. The summed E-state index contributed by atoms with van der Waals surface area (Å²) in [5.41, 5.74) is 8.80. The number of nitrogens with zero attached hydrogens (tertiary/aromatic N) is 1. The predicted molar refractivity (Wildman–Crippen MR) is 159 cm³/mol. The second-order valence-corrected chi connectivity index (χ2v) is 11.4. The van der Waals surface area contributed by atoms with Gasteiger partial charge in [0.2, 0.25) is 0 Å². The van der Waals surface area contributed by atoms with Crippen LogP contribution in [0.15, 0.2) is 60.7 Å². The maximum atomic E-state index is 12.6. The SMILES string of the molecule is CCCc1ccc(-c2cccc(C(C)CCC(C)CN3CCCC3)c2)cc1C.Cc1ccc(C)c(F)c1. The molecule has 0 radical (unpaired) electrons. The molecule has 2 heteroatoms. The minimum absolute atomic E-state index is 0.116. The first-order valence-corrected chi connectivity index (χ1v) is 14.4. The van der Waals surface area contributed by atoms with E-state index in [0.717, 1.165) is 11.5 Å². The number of benzene rings is 3. The average Bonchev–Trinajstić information content (AvgIpc) is 3.40. The van der Waals surface area contributed by atoms with Crippen molar-refractivity contribution in [2.45, 2.75) is 86.0 Å². The van der Waals surface area contributed by atoms with Gasteiger partial charge in [0, 0.05) is 6.54 Å². The summed E-state index contributed by atoms with van der Waals surface area (Å²) in [6.45, 7) is 16.9. The van der Waals surface area contributed by atoms with Gasteiger partial charge in [-0.25, -0.2) is 4.39 Å². The molecule has 1 aliphatic heterocycles. The van der Waals surface area contributed by atoms with Gasteiger partial charge >= 0.3 is 0 Å². The fraction of sp³-hybridized carbons (Fsp3) is 0.486. The van der Waals surface area contributed by atoms with Crippen LogP contribution in [0.3, 0.4) is 0 Å². The van der Waals surface area contributed by atoms with Crippen LogP contribution in [0.5, 0.6) is 0 Å². The largest absolute Gasteiger partial charge is 0.303 e. The molecule has 2 unspecified atom stereocenters. The van der Waals surface area contributed by atoms with Gasteiger partial charge in [0.15, 0.2) is 0 Å². The lowest BCUT2D eigenvalue weighted by Gasteiger charge is -2.22. The van der Waals surface area contributed by atoms with Crippen molar-refractivity contribution in [1.82, 2.24) is 4.90 Å². The number of hydrogen-bond donors (Lipinski definition) is 0. The Morgan fingerprint density at radius 1 is 0.811 bits per heavy atom. The molecule has 1 heterocycles. The number of rotatable bonds is 9. The molecular formula is C35H48FN. The van der Waals surface area contributed by atoms with E-state index >= 15 is 0 Å². The smallest absolute Gasteiger partial charge is 0.126 e. The van der Waals surface area contributed by atoms with Gasteiger partial charge in [-0.2, -0.15) is 0 Å². The molecule has 1 nitrogen and oxygen atoms in total. The summed E-state index contributed by atoms with van der Waals surface area (Å²) in [5, 5.41) is 0. The zero-order valence-electron chi connectivity index (χ0n) is 24.1. The van der Waals surface area contributed by atoms with Crippen LogP contribution in [0.4, 0.5) is 4.39 Å². The van der Waals surface area contributed by atoms with Crippen LogP contribution in [-0.4, -0.2) is 24.5 Å². The third-order valence-electron chi connectivity index (χ3n) is 7.84. The Morgan fingerprint density at radius 2 is 1.54 bits per heavy atom. The zero-order valence-corrected chi connectivity index (χ0v) is 24.1. The van der Waals surface area contributed by atoms with E-state index in [9.17, 15) is 4.39 Å². The van der Waals surface area contributed by atoms with Crippen LogP contribution in [-0.2, 0) is 6.42 Å². The molecule has 3 aromatic rings. The van der Waals surface area contributed by atoms with E-state index in [2.05, 4.69) is 75.1 Å². The second-order valence-electron chi connectivity index (χ2n) is 11.4. The molecule has 0 amide bonds. The standard InChI is InChI=1S/C27H39N.C8H9F/c1-5-9-24-14-15-27(18-23(24)4)26-11-8-10-25(19-26)22(3)13-12-21(2)20-28-16-6-7-17-28;1-6-3-4-7(2)8(9)5-6/h8,10-11,14-15,18-19,21-22H,5-7,9,12-13,16-17,20H2,1-4H3;3-5H,1-2H3. The van der Waals surface area contributed by atoms with Crippen LogP contribution in [0.1, 0.15) is 86.6 Å². The van der Waals surface area contributed by atoms with E-state index in [0.29, 0.717) is 11.5 Å². The Hall–Kier alpha value is -2.45. The highest BCUT2D eigenvalue weighted by Crippen LogP contribution is 2.29. The minimum atomic E-state index is -0.116. The summed E-state index contributed by atoms with van der Waals surface area (Å²) >= 11 is 0. The number of likely N-dealkylation sites (tertiary alicyclic amines) is 1. The minimum Gasteiger partial charge on any atom is -0.303 e. The number of aryl methyl sites for hydroxylation is 4. The Morgan fingerprint density at radius 3 is 2.19 bits per heavy atom. The molecule has 1 fully saturated rings. The first-order chi connectivity index (χ1) is 17.8. The molecule has 0 N–H and O–H groups in total. The Bertz CT molecular complexity index is 1110. The molecule has 37 heavy (non-hydrogen) atoms. The van der Waals surface area contributed by atoms with Crippen molar-refractivity contribution in [3.8, 4) is 11.1 Å². The van der Waals surface area contributed by atoms with Crippen molar-refractivity contribution in [1.29, 1.82) is 0 Å². The molecule has 0 aromatic heterocycles. The lowest BCUT2D eigenvalue weighted by atomic mass is 9.90. The van der Waals surface area contributed by atoms with Gasteiger partial charge in [0.05, 0.1) is 0 Å². The van der Waals surface area contributed by atoms with Crippen LogP contribution >= 0.6 is 0 Å². The van der Waals surface area contributed by atoms with E-state index < -0.39 is 0 Å². The van der Waals surface area contributed by atoms with Gasteiger partial charge in [-0.15, -0.1) is 0 Å². The van der Waals surface area contributed by atoms with E-state index in [4.69, 9.17) is 0 Å². The average molecular weight is 502 g/mol. The van der Waals surface area contributed by atoms with Crippen molar-refractivity contribution in [3.05, 3.63) is 94.3 Å². The molecule has 0 bridgehead atoms. The molecular weight excluding hydrogens is 453 g/mol. The maximum Gasteiger partial charge on any atom is 0.126 e. The fourth-order valence-corrected chi connectivity index (χ4v) is 5.35. The molecule has 2 atom stereocenters. The highest BCUT2D eigenvalue weighted by atomic mass is 19.1. The van der Waals surface area contributed by atoms with Crippen LogP contribution in [0.25, 0.3) is 11.1 Å². The second kappa shape index (κ2) is 14.5. The fourth-order valence-electron chi connectivity index (χ4n) is 5.35. The van der Waals surface area contributed by atoms with Crippen molar-refractivity contribution < 1.29 is 4.39 Å². The summed E-state index contributed by atoms with van der Waals surface area (Å²) in [6.07, 6.45) is 7.80. The summed E-state index contributed by atoms with van der Waals surface area (Å²) in [7, 11) is 0. The summed E-state index contributed by atoms with van der Waals surface area (Å²) in [6, 6.07) is 21.5. The van der Waals surface area contributed by atoms with Crippen molar-refractivity contribution in [3.63, 3.8) is 0 Å². The van der Waals surface area contributed by atoms with Crippen molar-refractivity contribution in [2.24, 2.45) is 5.92 Å². The van der Waals surface area contributed by atoms with Gasteiger partial charge in [0.1, 0.15) is 5.82 Å². The molecule has 3 aromatic carbocycles. The van der Waals surface area contributed by atoms with E-state index in [1.54, 1.807) is 13.0 Å². The van der Waals surface area contributed by atoms with Gasteiger partial charge in [-0.05, 0) is 123 Å². The number of halogens is 1. The molecule has 200 valence electrons. The van der Waals surface area contributed by atoms with E-state index in [1.807, 2.05) is 13.0 Å². The monoisotopic (exact) mass is 501 g/mol. The zero-order chi connectivity index (χ0) is 26.8. The number of hydrogen-bond acceptors (Lipinski definition) is 1. The van der Waals surface area contributed by atoms with Crippen molar-refractivity contribution >= 4 is 0 Å². The van der Waals surface area contributed by atoms with Crippen LogP contribution < -0.4 is 0 Å². The van der Waals surface area contributed by atoms with Gasteiger partial charge < -0.3 is 4.90 Å². The van der Waals surface area contributed by atoms with E-state index in [-0.39, 0.29) is 5.82 Å². The van der Waals surface area contributed by atoms with Crippen LogP contribution in [0, 0.1) is 32.5 Å². The highest BCUT2D eigenvalue weighted by molar-refractivity contribution is 5.65. The summed E-state index contributed by atoms with van der Waals surface area (Å²) in [5.74, 6) is 1.31. The van der Waals surface area contributed by atoms with E-state index in [1.165, 1.54) is 92.0 Å². The van der Waals surface area contributed by atoms with Crippen molar-refractivity contribution in [2.75, 3.05) is 19.6 Å². The third-order valence-corrected chi connectivity index (χ3v) is 7.84. The molecule has 1 aliphatic rings. The normalized spacial score (nSPS) is 15.2. The topological polar surface area (TPSA) is 3.24 Å². The van der Waals surface area contributed by atoms with Crippen LogP contribution in [0.2, 0.25) is 0 Å². The van der Waals surface area contributed by atoms with Gasteiger partial charge in [-0.3, -0.25) is 0 Å². The molecule has 0 aliphatic carbocycles. The first kappa shape index (κ1) is 29.1. The first-order valence-electron chi connectivity index (χ1n) is 14.4. The Kier molecular flexibility index (Phi) is 11.4.